The number of amides is 2. The predicted molar refractivity (Wildman–Crippen MR) is 130 cm³/mol. The summed E-state index contributed by atoms with van der Waals surface area (Å²) in [5.41, 5.74) is 3.70. The smallest absolute Gasteiger partial charge is 0.282 e. The van der Waals surface area contributed by atoms with Crippen molar-refractivity contribution in [2.45, 2.75) is 13.8 Å². The van der Waals surface area contributed by atoms with Gasteiger partial charge in [0.15, 0.2) is 11.5 Å². The third kappa shape index (κ3) is 3.94. The van der Waals surface area contributed by atoms with Gasteiger partial charge in [-0.3, -0.25) is 9.59 Å². The summed E-state index contributed by atoms with van der Waals surface area (Å²) in [5, 5.41) is 3.73. The van der Waals surface area contributed by atoms with E-state index in [4.69, 9.17) is 21.1 Å². The number of benzene rings is 3. The number of halogens is 1. The van der Waals surface area contributed by atoms with Crippen LogP contribution in [0.4, 0.5) is 11.4 Å². The quantitative estimate of drug-likeness (QED) is 0.499. The molecule has 168 valence electrons. The molecule has 0 bridgehead atoms. The van der Waals surface area contributed by atoms with Gasteiger partial charge in [-0.1, -0.05) is 41.9 Å². The first-order valence-corrected chi connectivity index (χ1v) is 10.7. The van der Waals surface area contributed by atoms with Crippen molar-refractivity contribution >= 4 is 40.4 Å². The largest absolute Gasteiger partial charge is 0.493 e. The minimum Gasteiger partial charge on any atom is -0.493 e. The molecule has 3 aromatic carbocycles. The van der Waals surface area contributed by atoms with E-state index >= 15 is 0 Å². The molecule has 0 aliphatic carbocycles. The van der Waals surface area contributed by atoms with Crippen LogP contribution in [0.2, 0.25) is 5.02 Å². The number of hydrogen-bond acceptors (Lipinski definition) is 5. The molecule has 1 heterocycles. The summed E-state index contributed by atoms with van der Waals surface area (Å²) in [6, 6.07) is 17.8. The lowest BCUT2D eigenvalue weighted by atomic mass is 10.0. The number of carbonyl (C=O) groups excluding carboxylic acids is 2. The molecule has 0 saturated heterocycles. The van der Waals surface area contributed by atoms with Crippen LogP contribution in [0.25, 0.3) is 5.57 Å². The Bertz CT molecular complexity index is 1300. The molecule has 3 aromatic rings. The number of aryl methyl sites for hydroxylation is 1. The zero-order chi connectivity index (χ0) is 23.7. The van der Waals surface area contributed by atoms with E-state index in [9.17, 15) is 9.59 Å². The monoisotopic (exact) mass is 462 g/mol. The van der Waals surface area contributed by atoms with Crippen molar-refractivity contribution in [3.63, 3.8) is 0 Å². The molecule has 2 amide bonds. The van der Waals surface area contributed by atoms with E-state index in [-0.39, 0.29) is 11.3 Å². The number of hydrogen-bond donors (Lipinski definition) is 1. The minimum atomic E-state index is -0.446. The maximum atomic E-state index is 13.7. The van der Waals surface area contributed by atoms with E-state index in [0.717, 1.165) is 11.1 Å². The summed E-state index contributed by atoms with van der Waals surface area (Å²) in [5.74, 6) is 0.104. The van der Waals surface area contributed by atoms with Crippen molar-refractivity contribution in [1.82, 2.24) is 0 Å². The van der Waals surface area contributed by atoms with Gasteiger partial charge in [-0.05, 0) is 60.9 Å². The van der Waals surface area contributed by atoms with E-state index in [1.807, 2.05) is 32.0 Å². The maximum Gasteiger partial charge on any atom is 0.282 e. The molecule has 1 N–H and O–H groups in total. The number of anilines is 2. The summed E-state index contributed by atoms with van der Waals surface area (Å²) < 4.78 is 10.7. The van der Waals surface area contributed by atoms with E-state index in [2.05, 4.69) is 5.32 Å². The van der Waals surface area contributed by atoms with Crippen LogP contribution in [-0.2, 0) is 9.59 Å². The standard InChI is InChI=1S/C26H23ClN2O4/c1-15-8-5-6-11-20(15)29-25(30)23(17-12-13-21(32-3)22(14-17)33-4)24(26(29)31)28-19-10-7-9-18(27)16(19)2/h5-14,28H,1-4H3. The summed E-state index contributed by atoms with van der Waals surface area (Å²) in [4.78, 5) is 28.5. The fourth-order valence-electron chi connectivity index (χ4n) is 3.82. The highest BCUT2D eigenvalue weighted by Gasteiger charge is 2.41. The van der Waals surface area contributed by atoms with Gasteiger partial charge in [0.2, 0.25) is 0 Å². The highest BCUT2D eigenvalue weighted by atomic mass is 35.5. The molecule has 7 heteroatoms. The normalized spacial score (nSPS) is 13.5. The molecule has 1 aliphatic rings. The number of methoxy groups -OCH3 is 2. The fourth-order valence-corrected chi connectivity index (χ4v) is 3.99. The molecule has 4 rings (SSSR count). The molecule has 0 spiro atoms. The van der Waals surface area contributed by atoms with E-state index in [1.165, 1.54) is 19.1 Å². The lowest BCUT2D eigenvalue weighted by molar-refractivity contribution is -0.120. The molecule has 0 atom stereocenters. The van der Waals surface area contributed by atoms with Crippen molar-refractivity contribution in [3.05, 3.63) is 88.1 Å². The van der Waals surface area contributed by atoms with Gasteiger partial charge in [0.25, 0.3) is 11.8 Å². The van der Waals surface area contributed by atoms with E-state index in [0.29, 0.717) is 33.5 Å². The van der Waals surface area contributed by atoms with Gasteiger partial charge in [-0.15, -0.1) is 0 Å². The molecule has 0 aromatic heterocycles. The van der Waals surface area contributed by atoms with Crippen LogP contribution in [-0.4, -0.2) is 26.0 Å². The first kappa shape index (κ1) is 22.4. The second kappa shape index (κ2) is 9.00. The fraction of sp³-hybridized carbons (Fsp3) is 0.154. The molecule has 0 unspecified atom stereocenters. The Balaban J connectivity index is 1.90. The predicted octanol–water partition coefficient (Wildman–Crippen LogP) is 5.37. The Hall–Kier alpha value is -3.77. The van der Waals surface area contributed by atoms with Crippen molar-refractivity contribution < 1.29 is 19.1 Å². The third-order valence-electron chi connectivity index (χ3n) is 5.64. The van der Waals surface area contributed by atoms with Crippen LogP contribution < -0.4 is 19.7 Å². The number of nitrogens with zero attached hydrogens (tertiary/aromatic N) is 1. The summed E-state index contributed by atoms with van der Waals surface area (Å²) in [6.45, 7) is 3.71. The Morgan fingerprint density at radius 2 is 1.58 bits per heavy atom. The zero-order valence-corrected chi connectivity index (χ0v) is 19.5. The highest BCUT2D eigenvalue weighted by Crippen LogP contribution is 2.38. The Morgan fingerprint density at radius 3 is 2.27 bits per heavy atom. The number of nitrogens with one attached hydrogen (secondary N) is 1. The van der Waals surface area contributed by atoms with Gasteiger partial charge in [0, 0.05) is 10.7 Å². The number of carbonyl (C=O) groups is 2. The molecule has 33 heavy (non-hydrogen) atoms. The Morgan fingerprint density at radius 1 is 0.848 bits per heavy atom. The molecular weight excluding hydrogens is 440 g/mol. The van der Waals surface area contributed by atoms with Gasteiger partial charge in [-0.25, -0.2) is 4.90 Å². The maximum absolute atomic E-state index is 13.7. The average molecular weight is 463 g/mol. The van der Waals surface area contributed by atoms with Crippen LogP contribution in [0.1, 0.15) is 16.7 Å². The van der Waals surface area contributed by atoms with Crippen LogP contribution >= 0.6 is 11.6 Å². The van der Waals surface area contributed by atoms with Gasteiger partial charge in [0.1, 0.15) is 5.70 Å². The second-order valence-corrected chi connectivity index (χ2v) is 8.00. The first-order valence-electron chi connectivity index (χ1n) is 10.3. The lowest BCUT2D eigenvalue weighted by Gasteiger charge is -2.18. The van der Waals surface area contributed by atoms with Gasteiger partial charge in [0.05, 0.1) is 25.5 Å². The molecule has 1 aliphatic heterocycles. The number of ether oxygens (including phenoxy) is 2. The minimum absolute atomic E-state index is 0.167. The number of rotatable bonds is 6. The lowest BCUT2D eigenvalue weighted by Crippen LogP contribution is -2.33. The van der Waals surface area contributed by atoms with Gasteiger partial charge >= 0.3 is 0 Å². The molecule has 0 radical (unpaired) electrons. The summed E-state index contributed by atoms with van der Waals surface area (Å²) in [7, 11) is 3.06. The van der Waals surface area contributed by atoms with Crippen molar-refractivity contribution in [3.8, 4) is 11.5 Å². The van der Waals surface area contributed by atoms with Crippen LogP contribution in [0.5, 0.6) is 11.5 Å². The summed E-state index contributed by atoms with van der Waals surface area (Å²) in [6.07, 6.45) is 0. The van der Waals surface area contributed by atoms with Crippen LogP contribution in [0.3, 0.4) is 0 Å². The first-order chi connectivity index (χ1) is 15.9. The van der Waals surface area contributed by atoms with Crippen molar-refractivity contribution in [1.29, 1.82) is 0 Å². The number of para-hydroxylation sites is 1. The highest BCUT2D eigenvalue weighted by molar-refractivity contribution is 6.46. The molecule has 0 saturated carbocycles. The van der Waals surface area contributed by atoms with Crippen molar-refractivity contribution in [2.24, 2.45) is 0 Å². The third-order valence-corrected chi connectivity index (χ3v) is 6.05. The average Bonchev–Trinajstić information content (AvgIpc) is 3.06. The van der Waals surface area contributed by atoms with Crippen LogP contribution in [0, 0.1) is 13.8 Å². The molecule has 6 nitrogen and oxygen atoms in total. The van der Waals surface area contributed by atoms with E-state index < -0.39 is 11.8 Å². The molecule has 0 fully saturated rings. The van der Waals surface area contributed by atoms with Crippen LogP contribution in [0.15, 0.2) is 66.4 Å². The molecular formula is C26H23ClN2O4. The van der Waals surface area contributed by atoms with Gasteiger partial charge in [-0.2, -0.15) is 0 Å². The van der Waals surface area contributed by atoms with E-state index in [1.54, 1.807) is 42.5 Å². The number of imide groups is 1. The SMILES string of the molecule is COc1ccc(C2=C(Nc3cccc(Cl)c3C)C(=O)N(c3ccccc3C)C2=O)cc1OC. The van der Waals surface area contributed by atoms with Crippen molar-refractivity contribution in [2.75, 3.05) is 24.4 Å². The zero-order valence-electron chi connectivity index (χ0n) is 18.7. The van der Waals surface area contributed by atoms with Gasteiger partial charge < -0.3 is 14.8 Å². The second-order valence-electron chi connectivity index (χ2n) is 7.59. The topological polar surface area (TPSA) is 67.9 Å². The Kier molecular flexibility index (Phi) is 6.11. The Labute approximate surface area is 197 Å². The summed E-state index contributed by atoms with van der Waals surface area (Å²) >= 11 is 6.29.